The molecule has 0 heterocycles. The fraction of sp³-hybridized carbons (Fsp3) is 0.333. The van der Waals surface area contributed by atoms with Crippen LogP contribution in [0.5, 0.6) is 0 Å². The van der Waals surface area contributed by atoms with Crippen LogP contribution in [0.15, 0.2) is 5.70 Å². The first-order valence-electron chi connectivity index (χ1n) is 2.40. The monoisotopic (exact) mass is 111 g/mol. The van der Waals surface area contributed by atoms with Crippen molar-refractivity contribution >= 4 is 6.41 Å². The Kier molecular flexibility index (Phi) is 3.94. The van der Waals surface area contributed by atoms with Crippen LogP contribution in [0.25, 0.3) is 0 Å². The summed E-state index contributed by atoms with van der Waals surface area (Å²) in [5.41, 5.74) is 0.488. The molecule has 2 nitrogen and oxygen atoms in total. The summed E-state index contributed by atoms with van der Waals surface area (Å²) >= 11 is 0. The molecule has 2 heteroatoms. The molecule has 0 fully saturated rings. The van der Waals surface area contributed by atoms with Gasteiger partial charge in [-0.1, -0.05) is 6.92 Å². The quantitative estimate of drug-likeness (QED) is 0.530. The molecule has 0 unspecified atom stereocenters. The molecule has 0 atom stereocenters. The number of carbonyl (C=O) groups is 1. The second-order valence-electron chi connectivity index (χ2n) is 1.40. The highest BCUT2D eigenvalue weighted by atomic mass is 16.1. The second-order valence-corrected chi connectivity index (χ2v) is 1.40. The van der Waals surface area contributed by atoms with Crippen LogP contribution in [-0.4, -0.2) is 6.41 Å². The molecule has 0 aromatic carbocycles. The third kappa shape index (κ3) is 3.40. The molecule has 0 saturated carbocycles. The molecule has 44 valence electrons. The minimum atomic E-state index is 0.488. The molecule has 2 radical (unpaired) electrons. The molecular weight excluding hydrogens is 102 g/mol. The van der Waals surface area contributed by atoms with Gasteiger partial charge in [0, 0.05) is 5.70 Å². The molecular formula is C6H9NO. The van der Waals surface area contributed by atoms with E-state index in [4.69, 9.17) is 6.58 Å². The SMILES string of the molecule is [CH]=C(C[CH]C)NC=O. The Labute approximate surface area is 49.6 Å². The molecule has 0 aromatic rings. The zero-order chi connectivity index (χ0) is 6.41. The Morgan fingerprint density at radius 3 is 2.88 bits per heavy atom. The maximum atomic E-state index is 9.66. The smallest absolute Gasteiger partial charge is 0.211 e. The fourth-order valence-electron chi connectivity index (χ4n) is 0.355. The molecule has 0 spiro atoms. The van der Waals surface area contributed by atoms with Crippen LogP contribution >= 0.6 is 0 Å². The van der Waals surface area contributed by atoms with Crippen molar-refractivity contribution in [2.45, 2.75) is 13.3 Å². The van der Waals surface area contributed by atoms with E-state index in [0.29, 0.717) is 18.5 Å². The van der Waals surface area contributed by atoms with Gasteiger partial charge in [-0.3, -0.25) is 4.79 Å². The molecule has 0 aliphatic carbocycles. The van der Waals surface area contributed by atoms with E-state index in [9.17, 15) is 4.79 Å². The summed E-state index contributed by atoms with van der Waals surface area (Å²) in [5.74, 6) is 0. The van der Waals surface area contributed by atoms with Crippen molar-refractivity contribution < 1.29 is 4.79 Å². The van der Waals surface area contributed by atoms with E-state index in [-0.39, 0.29) is 0 Å². The van der Waals surface area contributed by atoms with Crippen molar-refractivity contribution in [1.82, 2.24) is 5.32 Å². The Morgan fingerprint density at radius 1 is 1.88 bits per heavy atom. The van der Waals surface area contributed by atoms with Gasteiger partial charge in [0.2, 0.25) is 6.41 Å². The number of hydrogen-bond donors (Lipinski definition) is 1. The number of amides is 1. The van der Waals surface area contributed by atoms with E-state index in [1.807, 2.05) is 13.3 Å². The highest BCUT2D eigenvalue weighted by Crippen LogP contribution is 1.92. The van der Waals surface area contributed by atoms with Crippen LogP contribution in [0.3, 0.4) is 0 Å². The van der Waals surface area contributed by atoms with Crippen molar-refractivity contribution in [1.29, 1.82) is 0 Å². The third-order valence-electron chi connectivity index (χ3n) is 0.668. The van der Waals surface area contributed by atoms with Gasteiger partial charge in [-0.05, 0) is 19.4 Å². The van der Waals surface area contributed by atoms with E-state index in [1.54, 1.807) is 0 Å². The van der Waals surface area contributed by atoms with Crippen molar-refractivity contribution in [2.75, 3.05) is 0 Å². The first-order valence-corrected chi connectivity index (χ1v) is 2.40. The van der Waals surface area contributed by atoms with Crippen LogP contribution in [0.4, 0.5) is 0 Å². The molecule has 0 bridgehead atoms. The largest absolute Gasteiger partial charge is 0.332 e. The molecule has 0 rings (SSSR count). The lowest BCUT2D eigenvalue weighted by molar-refractivity contribution is -0.108. The van der Waals surface area contributed by atoms with Crippen LogP contribution in [-0.2, 0) is 4.79 Å². The van der Waals surface area contributed by atoms with Gasteiger partial charge in [-0.15, -0.1) is 0 Å². The summed E-state index contributed by atoms with van der Waals surface area (Å²) in [4.78, 5) is 9.66. The lowest BCUT2D eigenvalue weighted by Crippen LogP contribution is -2.08. The zero-order valence-electron chi connectivity index (χ0n) is 4.85. The molecule has 0 aliphatic heterocycles. The van der Waals surface area contributed by atoms with Gasteiger partial charge in [0.05, 0.1) is 0 Å². The zero-order valence-corrected chi connectivity index (χ0v) is 4.85. The summed E-state index contributed by atoms with van der Waals surface area (Å²) in [6.07, 6.45) is 3.07. The van der Waals surface area contributed by atoms with Crippen molar-refractivity contribution in [3.63, 3.8) is 0 Å². The number of nitrogens with one attached hydrogen (secondary N) is 1. The average Bonchev–Trinajstić information content (AvgIpc) is 1.68. The van der Waals surface area contributed by atoms with E-state index >= 15 is 0 Å². The Hall–Kier alpha value is -0.790. The molecule has 1 amide bonds. The predicted molar refractivity (Wildman–Crippen MR) is 31.6 cm³/mol. The van der Waals surface area contributed by atoms with Crippen LogP contribution in [0.2, 0.25) is 0 Å². The van der Waals surface area contributed by atoms with Crippen LogP contribution < -0.4 is 5.32 Å². The summed E-state index contributed by atoms with van der Waals surface area (Å²) in [6, 6.07) is 0. The van der Waals surface area contributed by atoms with Crippen molar-refractivity contribution in [3.8, 4) is 0 Å². The maximum Gasteiger partial charge on any atom is 0.211 e. The minimum Gasteiger partial charge on any atom is -0.332 e. The van der Waals surface area contributed by atoms with Gasteiger partial charge < -0.3 is 5.32 Å². The standard InChI is InChI=1S/C6H9NO/c1-3-4-6(2)7-5-8/h2-3,5H,4H2,1H3,(H,7,8). The van der Waals surface area contributed by atoms with Gasteiger partial charge in [-0.2, -0.15) is 0 Å². The lowest BCUT2D eigenvalue weighted by atomic mass is 10.3. The Balaban J connectivity index is 3.18. The molecule has 0 saturated heterocycles. The summed E-state index contributed by atoms with van der Waals surface area (Å²) in [7, 11) is 0. The number of rotatable bonds is 4. The second kappa shape index (κ2) is 4.37. The van der Waals surface area contributed by atoms with Gasteiger partial charge in [0.1, 0.15) is 0 Å². The summed E-state index contributed by atoms with van der Waals surface area (Å²) < 4.78 is 0. The van der Waals surface area contributed by atoms with E-state index in [2.05, 4.69) is 5.32 Å². The van der Waals surface area contributed by atoms with Gasteiger partial charge in [-0.25, -0.2) is 0 Å². The third-order valence-corrected chi connectivity index (χ3v) is 0.668. The minimum absolute atomic E-state index is 0.488. The highest BCUT2D eigenvalue weighted by molar-refractivity contribution is 5.49. The molecule has 0 aromatic heterocycles. The first-order chi connectivity index (χ1) is 3.81. The fourth-order valence-corrected chi connectivity index (χ4v) is 0.355. The first kappa shape index (κ1) is 7.21. The molecule has 0 aliphatic rings. The summed E-state index contributed by atoms with van der Waals surface area (Å²) in [5, 5.41) is 2.33. The lowest BCUT2D eigenvalue weighted by Gasteiger charge is -1.96. The van der Waals surface area contributed by atoms with Crippen molar-refractivity contribution in [2.24, 2.45) is 0 Å². The van der Waals surface area contributed by atoms with Gasteiger partial charge >= 0.3 is 0 Å². The molecule has 8 heavy (non-hydrogen) atoms. The maximum absolute atomic E-state index is 9.66. The summed E-state index contributed by atoms with van der Waals surface area (Å²) in [6.45, 7) is 7.11. The average molecular weight is 111 g/mol. The number of hydrogen-bond acceptors (Lipinski definition) is 1. The predicted octanol–water partition coefficient (Wildman–Crippen LogP) is 0.664. The Bertz CT molecular complexity index is 88.5. The number of carbonyl (C=O) groups excluding carboxylic acids is 1. The van der Waals surface area contributed by atoms with Crippen LogP contribution in [0, 0.1) is 13.0 Å². The highest BCUT2D eigenvalue weighted by Gasteiger charge is 1.85. The van der Waals surface area contributed by atoms with Crippen LogP contribution in [0.1, 0.15) is 13.3 Å². The normalized spacial score (nSPS) is 8.12. The topological polar surface area (TPSA) is 29.1 Å². The Morgan fingerprint density at radius 2 is 2.50 bits per heavy atom. The van der Waals surface area contributed by atoms with Gasteiger partial charge in [0.15, 0.2) is 0 Å². The molecule has 1 N–H and O–H groups in total. The van der Waals surface area contributed by atoms with Crippen molar-refractivity contribution in [3.05, 3.63) is 18.7 Å². The van der Waals surface area contributed by atoms with E-state index in [1.165, 1.54) is 0 Å². The van der Waals surface area contributed by atoms with E-state index in [0.717, 1.165) is 0 Å². The van der Waals surface area contributed by atoms with Gasteiger partial charge in [0.25, 0.3) is 0 Å². The number of allylic oxidation sites excluding steroid dienone is 1. The van der Waals surface area contributed by atoms with E-state index < -0.39 is 0 Å².